The van der Waals surface area contributed by atoms with Gasteiger partial charge in [-0.2, -0.15) is 13.2 Å². The van der Waals surface area contributed by atoms with Gasteiger partial charge in [-0.1, -0.05) is 32.1 Å². The molecule has 27 heavy (non-hydrogen) atoms. The lowest BCUT2D eigenvalue weighted by atomic mass is 9.75. The number of fused-ring (bicyclic) bond motifs is 1. The number of hydrazine groups is 1. The number of nitrogens with one attached hydrogen (secondary N) is 1. The predicted molar refractivity (Wildman–Crippen MR) is 86.9 cm³/mol. The lowest BCUT2D eigenvalue weighted by Gasteiger charge is -2.46. The van der Waals surface area contributed by atoms with Crippen LogP contribution in [0.4, 0.5) is 13.2 Å². The van der Waals surface area contributed by atoms with Gasteiger partial charge in [-0.15, -0.1) is 0 Å². The highest BCUT2D eigenvalue weighted by molar-refractivity contribution is 5.93. The molecule has 2 aliphatic heterocycles. The minimum absolute atomic E-state index is 0.0700. The number of carbonyl (C=O) groups is 3. The molecular weight excluding hydrogens is 367 g/mol. The Kier molecular flexibility index (Phi) is 5.64. The molecule has 1 N–H and O–H groups in total. The number of rotatable bonds is 3. The Morgan fingerprint density at radius 1 is 1.15 bits per heavy atom. The predicted octanol–water partition coefficient (Wildman–Crippen LogP) is 1.23. The standard InChI is InChI=1S/C17H24F3N3O4/c1-27-15(25)12-7-8-22-9-11(10-5-3-2-4-6-10)13(14(24)23(12)22)21-16(26)17(18,19)20/h10-13H,2-9H2,1H3,(H,21,26)/t11-,12-,13-/m0/s1. The molecule has 7 nitrogen and oxygen atoms in total. The van der Waals surface area contributed by atoms with Gasteiger partial charge in [-0.05, 0) is 12.3 Å². The van der Waals surface area contributed by atoms with Crippen molar-refractivity contribution in [3.8, 4) is 0 Å². The van der Waals surface area contributed by atoms with Crippen LogP contribution in [-0.4, -0.2) is 66.3 Å². The van der Waals surface area contributed by atoms with Crippen LogP contribution in [0.5, 0.6) is 0 Å². The summed E-state index contributed by atoms with van der Waals surface area (Å²) in [5.74, 6) is -3.73. The van der Waals surface area contributed by atoms with E-state index in [2.05, 4.69) is 0 Å². The molecule has 3 aliphatic rings. The third-order valence-electron chi connectivity index (χ3n) is 5.87. The zero-order chi connectivity index (χ0) is 19.8. The number of carbonyl (C=O) groups excluding carboxylic acids is 3. The highest BCUT2D eigenvalue weighted by Crippen LogP contribution is 2.38. The first-order valence-electron chi connectivity index (χ1n) is 9.27. The molecule has 10 heteroatoms. The summed E-state index contributed by atoms with van der Waals surface area (Å²) in [5, 5.41) is 4.82. The molecule has 0 spiro atoms. The van der Waals surface area contributed by atoms with E-state index in [1.165, 1.54) is 12.1 Å². The first-order chi connectivity index (χ1) is 12.7. The number of nitrogens with zero attached hydrogens (tertiary/aromatic N) is 2. The Labute approximate surface area is 155 Å². The van der Waals surface area contributed by atoms with Gasteiger partial charge in [0.15, 0.2) is 0 Å². The van der Waals surface area contributed by atoms with Gasteiger partial charge in [0.2, 0.25) is 0 Å². The van der Waals surface area contributed by atoms with Gasteiger partial charge in [0.05, 0.1) is 7.11 Å². The van der Waals surface area contributed by atoms with Gasteiger partial charge in [0.25, 0.3) is 5.91 Å². The number of amides is 2. The van der Waals surface area contributed by atoms with E-state index in [0.717, 1.165) is 32.1 Å². The van der Waals surface area contributed by atoms with E-state index in [0.29, 0.717) is 19.5 Å². The first kappa shape index (κ1) is 19.9. The zero-order valence-electron chi connectivity index (χ0n) is 15.1. The van der Waals surface area contributed by atoms with Crippen LogP contribution in [0.25, 0.3) is 0 Å². The summed E-state index contributed by atoms with van der Waals surface area (Å²) in [4.78, 5) is 36.6. The average molecular weight is 391 g/mol. The molecule has 0 bridgehead atoms. The van der Waals surface area contributed by atoms with Gasteiger partial charge < -0.3 is 10.1 Å². The number of halogens is 3. The van der Waals surface area contributed by atoms with E-state index >= 15 is 0 Å². The second kappa shape index (κ2) is 7.65. The van der Waals surface area contributed by atoms with Crippen molar-refractivity contribution >= 4 is 17.8 Å². The van der Waals surface area contributed by atoms with Gasteiger partial charge in [-0.25, -0.2) is 9.80 Å². The summed E-state index contributed by atoms with van der Waals surface area (Å²) in [7, 11) is 1.20. The highest BCUT2D eigenvalue weighted by Gasteiger charge is 2.53. The van der Waals surface area contributed by atoms with Crippen molar-refractivity contribution in [1.29, 1.82) is 0 Å². The van der Waals surface area contributed by atoms with Crippen molar-refractivity contribution in [2.24, 2.45) is 11.8 Å². The smallest absolute Gasteiger partial charge is 0.467 e. The molecule has 3 fully saturated rings. The monoisotopic (exact) mass is 391 g/mol. The summed E-state index contributed by atoms with van der Waals surface area (Å²) in [6.07, 6.45) is -0.0726. The average Bonchev–Trinajstić information content (AvgIpc) is 3.07. The molecule has 2 amide bonds. The molecule has 0 aromatic heterocycles. The molecule has 2 heterocycles. The Hall–Kier alpha value is -1.84. The number of hydrogen-bond acceptors (Lipinski definition) is 5. The minimum Gasteiger partial charge on any atom is -0.467 e. The van der Waals surface area contributed by atoms with Gasteiger partial charge in [0.1, 0.15) is 12.1 Å². The fourth-order valence-corrected chi connectivity index (χ4v) is 4.57. The quantitative estimate of drug-likeness (QED) is 0.733. The molecule has 0 unspecified atom stereocenters. The van der Waals surface area contributed by atoms with Crippen LogP contribution >= 0.6 is 0 Å². The number of methoxy groups -OCH3 is 1. The van der Waals surface area contributed by atoms with Crippen molar-refractivity contribution in [3.05, 3.63) is 0 Å². The van der Waals surface area contributed by atoms with E-state index in [4.69, 9.17) is 4.74 Å². The minimum atomic E-state index is -5.07. The van der Waals surface area contributed by atoms with E-state index in [-0.39, 0.29) is 5.92 Å². The molecule has 0 aromatic carbocycles. The van der Waals surface area contributed by atoms with Crippen LogP contribution in [0.2, 0.25) is 0 Å². The van der Waals surface area contributed by atoms with E-state index in [1.807, 2.05) is 5.32 Å². The third kappa shape index (κ3) is 3.90. The molecule has 2 saturated heterocycles. The van der Waals surface area contributed by atoms with Crippen molar-refractivity contribution in [3.63, 3.8) is 0 Å². The summed E-state index contributed by atoms with van der Waals surface area (Å²) in [6.45, 7) is 0.793. The maximum absolute atomic E-state index is 13.0. The Morgan fingerprint density at radius 2 is 1.81 bits per heavy atom. The molecule has 0 aromatic rings. The SMILES string of the molecule is COC(=O)[C@@H]1CCN2C[C@@H](C3CCCCC3)[C@H](NC(=O)C(F)(F)F)C(=O)N12. The molecule has 0 radical (unpaired) electrons. The Bertz CT molecular complexity index is 607. The molecule has 3 atom stereocenters. The summed E-state index contributed by atoms with van der Waals surface area (Å²) in [5.41, 5.74) is 0. The van der Waals surface area contributed by atoms with E-state index in [9.17, 15) is 27.6 Å². The number of alkyl halides is 3. The number of hydrogen-bond donors (Lipinski definition) is 1. The second-order valence-corrected chi connectivity index (χ2v) is 7.43. The zero-order valence-corrected chi connectivity index (χ0v) is 15.1. The fourth-order valence-electron chi connectivity index (χ4n) is 4.57. The van der Waals surface area contributed by atoms with Crippen LogP contribution in [0.3, 0.4) is 0 Å². The molecule has 1 aliphatic carbocycles. The van der Waals surface area contributed by atoms with Gasteiger partial charge in [-0.3, -0.25) is 14.6 Å². The summed E-state index contributed by atoms with van der Waals surface area (Å²) >= 11 is 0. The maximum atomic E-state index is 13.0. The van der Waals surface area contributed by atoms with E-state index in [1.54, 1.807) is 5.01 Å². The second-order valence-electron chi connectivity index (χ2n) is 7.43. The molecule has 152 valence electrons. The highest BCUT2D eigenvalue weighted by atomic mass is 19.4. The molecular formula is C17H24F3N3O4. The van der Waals surface area contributed by atoms with Crippen LogP contribution < -0.4 is 5.32 Å². The van der Waals surface area contributed by atoms with Crippen molar-refractivity contribution in [2.45, 2.75) is 56.8 Å². The van der Waals surface area contributed by atoms with Crippen LogP contribution in [0.1, 0.15) is 38.5 Å². The van der Waals surface area contributed by atoms with Crippen molar-refractivity contribution < 1.29 is 32.3 Å². The third-order valence-corrected chi connectivity index (χ3v) is 5.87. The summed E-state index contributed by atoms with van der Waals surface area (Å²) in [6, 6.07) is -2.15. The Balaban J connectivity index is 1.86. The maximum Gasteiger partial charge on any atom is 0.471 e. The lowest BCUT2D eigenvalue weighted by molar-refractivity contribution is -0.182. The fraction of sp³-hybridized carbons (Fsp3) is 0.824. The molecule has 1 saturated carbocycles. The van der Waals surface area contributed by atoms with Gasteiger partial charge in [0, 0.05) is 19.0 Å². The van der Waals surface area contributed by atoms with Crippen LogP contribution in [0.15, 0.2) is 0 Å². The van der Waals surface area contributed by atoms with Crippen LogP contribution in [-0.2, 0) is 19.1 Å². The number of ether oxygens (including phenoxy) is 1. The van der Waals surface area contributed by atoms with Crippen molar-refractivity contribution in [1.82, 2.24) is 15.3 Å². The van der Waals surface area contributed by atoms with E-state index < -0.39 is 42.0 Å². The lowest BCUT2D eigenvalue weighted by Crippen LogP contribution is -2.66. The number of esters is 1. The largest absolute Gasteiger partial charge is 0.471 e. The normalized spacial score (nSPS) is 30.1. The Morgan fingerprint density at radius 3 is 2.41 bits per heavy atom. The summed E-state index contributed by atoms with van der Waals surface area (Å²) < 4.78 is 43.1. The van der Waals surface area contributed by atoms with Crippen LogP contribution in [0, 0.1) is 11.8 Å². The van der Waals surface area contributed by atoms with Crippen molar-refractivity contribution in [2.75, 3.05) is 20.2 Å². The molecule has 3 rings (SSSR count). The topological polar surface area (TPSA) is 79.0 Å². The first-order valence-corrected chi connectivity index (χ1v) is 9.27. The van der Waals surface area contributed by atoms with Gasteiger partial charge >= 0.3 is 18.1 Å².